The molecule has 16 heavy (non-hydrogen) atoms. The van der Waals surface area contributed by atoms with Gasteiger partial charge < -0.3 is 20.9 Å². The van der Waals surface area contributed by atoms with E-state index in [0.29, 0.717) is 19.2 Å². The highest BCUT2D eigenvalue weighted by atomic mass is 16.5. The molecule has 1 aromatic rings. The van der Waals surface area contributed by atoms with E-state index in [2.05, 4.69) is 5.32 Å². The Morgan fingerprint density at radius 2 is 2.38 bits per heavy atom. The highest BCUT2D eigenvalue weighted by Crippen LogP contribution is 2.23. The molecule has 1 aliphatic heterocycles. The first-order valence-electron chi connectivity index (χ1n) is 5.67. The zero-order valence-electron chi connectivity index (χ0n) is 9.28. The molecule has 1 heterocycles. The maximum Gasteiger partial charge on any atom is 0.124 e. The van der Waals surface area contributed by atoms with Gasteiger partial charge in [0, 0.05) is 18.2 Å². The maximum atomic E-state index is 9.32. The number of ether oxygens (including phenoxy) is 1. The van der Waals surface area contributed by atoms with Gasteiger partial charge in [-0.05, 0) is 37.6 Å². The van der Waals surface area contributed by atoms with Crippen molar-refractivity contribution in [1.29, 1.82) is 0 Å². The van der Waals surface area contributed by atoms with E-state index in [-0.39, 0.29) is 5.75 Å². The number of rotatable bonds is 4. The molecule has 0 aromatic heterocycles. The predicted octanol–water partition coefficient (Wildman–Crippen LogP) is 0.982. The molecule has 4 nitrogen and oxygen atoms in total. The molecule has 2 rings (SSSR count). The predicted molar refractivity (Wildman–Crippen MR) is 62.5 cm³/mol. The number of hydrogen-bond acceptors (Lipinski definition) is 4. The van der Waals surface area contributed by atoms with Crippen molar-refractivity contribution in [3.05, 3.63) is 23.8 Å². The molecule has 0 radical (unpaired) electrons. The van der Waals surface area contributed by atoms with Crippen molar-refractivity contribution in [3.8, 4) is 11.5 Å². The van der Waals surface area contributed by atoms with E-state index >= 15 is 0 Å². The molecule has 1 unspecified atom stereocenters. The fraction of sp³-hybridized carbons (Fsp3) is 0.500. The van der Waals surface area contributed by atoms with Crippen molar-refractivity contribution in [2.24, 2.45) is 5.73 Å². The Morgan fingerprint density at radius 1 is 1.50 bits per heavy atom. The first kappa shape index (κ1) is 11.2. The largest absolute Gasteiger partial charge is 0.508 e. The van der Waals surface area contributed by atoms with E-state index in [1.54, 1.807) is 18.2 Å². The van der Waals surface area contributed by atoms with Crippen molar-refractivity contribution in [2.45, 2.75) is 25.4 Å². The Kier molecular flexibility index (Phi) is 3.64. The van der Waals surface area contributed by atoms with Gasteiger partial charge in [-0.2, -0.15) is 0 Å². The number of aromatic hydroxyl groups is 1. The highest BCUT2D eigenvalue weighted by Gasteiger charge is 2.15. The Morgan fingerprint density at radius 3 is 3.06 bits per heavy atom. The molecule has 1 aliphatic rings. The summed E-state index contributed by atoms with van der Waals surface area (Å²) < 4.78 is 5.71. The second-order valence-electron chi connectivity index (χ2n) is 4.10. The van der Waals surface area contributed by atoms with Gasteiger partial charge in [-0.1, -0.05) is 0 Å². The van der Waals surface area contributed by atoms with Gasteiger partial charge >= 0.3 is 0 Å². The first-order valence-corrected chi connectivity index (χ1v) is 5.67. The molecular formula is C12H18N2O2. The average molecular weight is 222 g/mol. The normalized spacial score (nSPS) is 19.9. The van der Waals surface area contributed by atoms with Crippen molar-refractivity contribution in [1.82, 2.24) is 5.32 Å². The Labute approximate surface area is 95.4 Å². The van der Waals surface area contributed by atoms with Gasteiger partial charge in [0.15, 0.2) is 0 Å². The van der Waals surface area contributed by atoms with E-state index in [0.717, 1.165) is 24.3 Å². The summed E-state index contributed by atoms with van der Waals surface area (Å²) in [5.41, 5.74) is 6.44. The highest BCUT2D eigenvalue weighted by molar-refractivity contribution is 5.39. The second kappa shape index (κ2) is 5.18. The number of hydrogen-bond donors (Lipinski definition) is 3. The summed E-state index contributed by atoms with van der Waals surface area (Å²) in [6, 6.07) is 5.49. The molecule has 0 spiro atoms. The molecule has 0 bridgehead atoms. The smallest absolute Gasteiger partial charge is 0.124 e. The molecule has 88 valence electrons. The minimum atomic E-state index is 0.229. The monoisotopic (exact) mass is 222 g/mol. The summed E-state index contributed by atoms with van der Waals surface area (Å²) in [6.45, 7) is 2.12. The molecule has 4 heteroatoms. The lowest BCUT2D eigenvalue weighted by atomic mass is 10.2. The fourth-order valence-electron chi connectivity index (χ4n) is 1.96. The lowest BCUT2D eigenvalue weighted by Gasteiger charge is -2.14. The Bertz CT molecular complexity index is 349. The molecule has 0 saturated carbocycles. The van der Waals surface area contributed by atoms with E-state index < -0.39 is 0 Å². The SMILES string of the molecule is NCc1cc(O)ccc1OCC1CCCN1. The number of phenolic OH excluding ortho intramolecular Hbond substituents is 1. The van der Waals surface area contributed by atoms with Crippen LogP contribution in [-0.2, 0) is 6.54 Å². The van der Waals surface area contributed by atoms with Crippen molar-refractivity contribution in [3.63, 3.8) is 0 Å². The summed E-state index contributed by atoms with van der Waals surface area (Å²) in [5.74, 6) is 1.00. The molecular weight excluding hydrogens is 204 g/mol. The van der Waals surface area contributed by atoms with Gasteiger partial charge in [-0.25, -0.2) is 0 Å². The Hall–Kier alpha value is -1.26. The van der Waals surface area contributed by atoms with Crippen LogP contribution in [-0.4, -0.2) is 24.3 Å². The maximum absolute atomic E-state index is 9.32. The van der Waals surface area contributed by atoms with Gasteiger partial charge in [-0.3, -0.25) is 0 Å². The van der Waals surface area contributed by atoms with Crippen LogP contribution in [0.3, 0.4) is 0 Å². The van der Waals surface area contributed by atoms with Crippen LogP contribution in [0.25, 0.3) is 0 Å². The lowest BCUT2D eigenvalue weighted by molar-refractivity contribution is 0.274. The van der Waals surface area contributed by atoms with Gasteiger partial charge in [0.05, 0.1) is 0 Å². The van der Waals surface area contributed by atoms with Crippen LogP contribution in [0.2, 0.25) is 0 Å². The Balaban J connectivity index is 1.97. The van der Waals surface area contributed by atoms with Crippen molar-refractivity contribution in [2.75, 3.05) is 13.2 Å². The molecule has 0 aliphatic carbocycles. The van der Waals surface area contributed by atoms with Crippen LogP contribution in [0.1, 0.15) is 18.4 Å². The van der Waals surface area contributed by atoms with Crippen molar-refractivity contribution < 1.29 is 9.84 Å². The molecule has 1 fully saturated rings. The second-order valence-corrected chi connectivity index (χ2v) is 4.10. The summed E-state index contributed by atoms with van der Waals surface area (Å²) >= 11 is 0. The van der Waals surface area contributed by atoms with Crippen LogP contribution in [0.4, 0.5) is 0 Å². The number of benzene rings is 1. The zero-order chi connectivity index (χ0) is 11.4. The number of nitrogens with one attached hydrogen (secondary N) is 1. The molecule has 1 saturated heterocycles. The lowest BCUT2D eigenvalue weighted by Crippen LogP contribution is -2.28. The quantitative estimate of drug-likeness (QED) is 0.710. The topological polar surface area (TPSA) is 67.5 Å². The summed E-state index contributed by atoms with van der Waals surface area (Å²) in [5, 5.41) is 12.7. The van der Waals surface area contributed by atoms with Gasteiger partial charge in [-0.15, -0.1) is 0 Å². The van der Waals surface area contributed by atoms with Gasteiger partial charge in [0.2, 0.25) is 0 Å². The molecule has 1 aromatic carbocycles. The van der Waals surface area contributed by atoms with Crippen LogP contribution in [0, 0.1) is 0 Å². The van der Waals surface area contributed by atoms with Crippen LogP contribution in [0.5, 0.6) is 11.5 Å². The van der Waals surface area contributed by atoms with Crippen LogP contribution >= 0.6 is 0 Å². The third kappa shape index (κ3) is 2.65. The molecule has 0 amide bonds. The molecule has 1 atom stereocenters. The van der Waals surface area contributed by atoms with Gasteiger partial charge in [0.1, 0.15) is 18.1 Å². The third-order valence-electron chi connectivity index (χ3n) is 2.87. The minimum absolute atomic E-state index is 0.229. The van der Waals surface area contributed by atoms with Crippen LogP contribution in [0.15, 0.2) is 18.2 Å². The zero-order valence-corrected chi connectivity index (χ0v) is 9.28. The van der Waals surface area contributed by atoms with E-state index in [4.69, 9.17) is 10.5 Å². The fourth-order valence-corrected chi connectivity index (χ4v) is 1.96. The number of nitrogens with two attached hydrogens (primary N) is 1. The molecule has 4 N–H and O–H groups in total. The number of phenols is 1. The first-order chi connectivity index (χ1) is 7.79. The minimum Gasteiger partial charge on any atom is -0.508 e. The summed E-state index contributed by atoms with van der Waals surface area (Å²) in [7, 11) is 0. The summed E-state index contributed by atoms with van der Waals surface area (Å²) in [6.07, 6.45) is 2.38. The van der Waals surface area contributed by atoms with E-state index in [9.17, 15) is 5.11 Å². The van der Waals surface area contributed by atoms with Crippen molar-refractivity contribution >= 4 is 0 Å². The van der Waals surface area contributed by atoms with E-state index in [1.807, 2.05) is 0 Å². The summed E-state index contributed by atoms with van der Waals surface area (Å²) in [4.78, 5) is 0. The standard InChI is InChI=1S/C12H18N2O2/c13-7-9-6-11(15)3-4-12(9)16-8-10-2-1-5-14-10/h3-4,6,10,14-15H,1-2,5,7-8,13H2. The third-order valence-corrected chi connectivity index (χ3v) is 2.87. The van der Waals surface area contributed by atoms with Gasteiger partial charge in [0.25, 0.3) is 0 Å². The van der Waals surface area contributed by atoms with E-state index in [1.165, 1.54) is 6.42 Å². The van der Waals surface area contributed by atoms with Crippen LogP contribution < -0.4 is 15.8 Å². The average Bonchev–Trinajstić information content (AvgIpc) is 2.80.